The Hall–Kier alpha value is -2.64. The Morgan fingerprint density at radius 3 is 2.54 bits per heavy atom. The molecule has 0 radical (unpaired) electrons. The summed E-state index contributed by atoms with van der Waals surface area (Å²) in [6, 6.07) is 6.98. The van der Waals surface area contributed by atoms with Gasteiger partial charge in [-0.1, -0.05) is 6.07 Å². The molecule has 0 unspecified atom stereocenters. The number of fused-ring (bicyclic) bond motifs is 1. The van der Waals surface area contributed by atoms with E-state index in [9.17, 15) is 17.6 Å². The van der Waals surface area contributed by atoms with Gasteiger partial charge in [-0.2, -0.15) is 10.2 Å². The van der Waals surface area contributed by atoms with Crippen LogP contribution < -0.4 is 5.56 Å². The normalized spacial score (nSPS) is 11.5. The highest BCUT2D eigenvalue weighted by atomic mass is 79.9. The van der Waals surface area contributed by atoms with Gasteiger partial charge < -0.3 is 0 Å². The van der Waals surface area contributed by atoms with Gasteiger partial charge in [-0.3, -0.25) is 9.36 Å². The van der Waals surface area contributed by atoms with Gasteiger partial charge >= 0.3 is 0 Å². The van der Waals surface area contributed by atoms with E-state index >= 15 is 0 Å². The highest BCUT2D eigenvalue weighted by molar-refractivity contribution is 9.10. The summed E-state index contributed by atoms with van der Waals surface area (Å²) in [4.78, 5) is 20.2. The molecule has 0 aliphatic rings. The fourth-order valence-electron chi connectivity index (χ4n) is 2.41. The van der Waals surface area contributed by atoms with Crippen LogP contribution in [0.3, 0.4) is 0 Å². The molecule has 0 N–H and O–H groups in total. The van der Waals surface area contributed by atoms with Gasteiger partial charge in [-0.05, 0) is 34.1 Å². The zero-order valence-electron chi connectivity index (χ0n) is 13.5. The third-order valence-electron chi connectivity index (χ3n) is 3.70. The molecule has 132 valence electrons. The predicted molar refractivity (Wildman–Crippen MR) is 95.7 cm³/mol. The van der Waals surface area contributed by atoms with E-state index < -0.39 is 26.4 Å². The van der Waals surface area contributed by atoms with Crippen molar-refractivity contribution in [1.29, 1.82) is 5.26 Å². The molecular weight excluding hydrogens is 427 g/mol. The van der Waals surface area contributed by atoms with Gasteiger partial charge in [0.05, 0.1) is 15.7 Å². The van der Waals surface area contributed by atoms with E-state index in [1.165, 1.54) is 29.8 Å². The smallest absolute Gasteiger partial charge is 0.266 e. The standard InChI is InChI=1S/C16H10BrFN4O3S/c1-22-14-10(6-11(17)15(22)23)13(20-16(21-14)26(2,24)25)8-3-4-9(7-19)12(18)5-8/h3-6H,1-2H3. The van der Waals surface area contributed by atoms with Crippen LogP contribution in [-0.4, -0.2) is 29.2 Å². The molecule has 3 rings (SSSR count). The molecule has 26 heavy (non-hydrogen) atoms. The van der Waals surface area contributed by atoms with Crippen molar-refractivity contribution in [2.45, 2.75) is 5.16 Å². The molecule has 0 saturated heterocycles. The molecule has 0 amide bonds. The van der Waals surface area contributed by atoms with Crippen LogP contribution >= 0.6 is 15.9 Å². The summed E-state index contributed by atoms with van der Waals surface area (Å²) in [6.45, 7) is 0. The van der Waals surface area contributed by atoms with Crippen molar-refractivity contribution < 1.29 is 12.8 Å². The fraction of sp³-hybridized carbons (Fsp3) is 0.125. The van der Waals surface area contributed by atoms with Crippen molar-refractivity contribution in [2.75, 3.05) is 6.26 Å². The van der Waals surface area contributed by atoms with Crippen LogP contribution in [0.15, 0.2) is 38.7 Å². The van der Waals surface area contributed by atoms with Crippen LogP contribution in [-0.2, 0) is 16.9 Å². The molecule has 3 aromatic rings. The van der Waals surface area contributed by atoms with Crippen LogP contribution in [0.4, 0.5) is 4.39 Å². The first-order valence-electron chi connectivity index (χ1n) is 7.11. The van der Waals surface area contributed by atoms with Crippen molar-refractivity contribution in [1.82, 2.24) is 14.5 Å². The van der Waals surface area contributed by atoms with Crippen molar-refractivity contribution in [3.63, 3.8) is 0 Å². The SMILES string of the molecule is Cn1c(=O)c(Br)cc2c(-c3ccc(C#N)c(F)c3)nc(S(C)(=O)=O)nc21. The number of nitrogens with zero attached hydrogens (tertiary/aromatic N) is 4. The van der Waals surface area contributed by atoms with Gasteiger partial charge in [-0.25, -0.2) is 17.8 Å². The number of rotatable bonds is 2. The minimum absolute atomic E-state index is 0.0911. The first-order chi connectivity index (χ1) is 12.1. The van der Waals surface area contributed by atoms with Gasteiger partial charge in [-0.15, -0.1) is 0 Å². The molecule has 0 atom stereocenters. The molecule has 0 fully saturated rings. The Morgan fingerprint density at radius 1 is 1.27 bits per heavy atom. The maximum atomic E-state index is 14.0. The fourth-order valence-corrected chi connectivity index (χ4v) is 3.41. The molecule has 1 aromatic carbocycles. The summed E-state index contributed by atoms with van der Waals surface area (Å²) >= 11 is 3.14. The van der Waals surface area contributed by atoms with Crippen LogP contribution in [0.5, 0.6) is 0 Å². The second-order valence-corrected chi connectivity index (χ2v) is 8.29. The Balaban J connectivity index is 2.49. The van der Waals surface area contributed by atoms with Crippen LogP contribution in [0.1, 0.15) is 5.56 Å². The molecule has 0 aliphatic heterocycles. The highest BCUT2D eigenvalue weighted by Crippen LogP contribution is 2.29. The number of nitriles is 1. The largest absolute Gasteiger partial charge is 0.295 e. The van der Waals surface area contributed by atoms with Crippen LogP contribution in [0, 0.1) is 17.1 Å². The lowest BCUT2D eigenvalue weighted by Crippen LogP contribution is -2.20. The Labute approximate surface area is 155 Å². The second-order valence-electron chi connectivity index (χ2n) is 5.53. The lowest BCUT2D eigenvalue weighted by atomic mass is 10.1. The van der Waals surface area contributed by atoms with E-state index in [1.54, 1.807) is 6.07 Å². The van der Waals surface area contributed by atoms with Gasteiger partial charge in [0, 0.05) is 24.3 Å². The van der Waals surface area contributed by atoms with Gasteiger partial charge in [0.1, 0.15) is 17.5 Å². The number of aryl methyl sites for hydroxylation is 1. The molecule has 10 heteroatoms. The van der Waals surface area contributed by atoms with E-state index in [4.69, 9.17) is 5.26 Å². The second kappa shape index (κ2) is 6.26. The molecule has 0 aliphatic carbocycles. The molecular formula is C16H10BrFN4O3S. The number of aromatic nitrogens is 3. The third-order valence-corrected chi connectivity index (χ3v) is 5.11. The number of pyridine rings is 1. The summed E-state index contributed by atoms with van der Waals surface area (Å²) in [6.07, 6.45) is 0.939. The van der Waals surface area contributed by atoms with Gasteiger partial charge in [0.2, 0.25) is 15.0 Å². The van der Waals surface area contributed by atoms with Crippen molar-refractivity contribution in [3.8, 4) is 17.3 Å². The summed E-state index contributed by atoms with van der Waals surface area (Å²) in [5, 5.41) is 8.74. The maximum absolute atomic E-state index is 14.0. The van der Waals surface area contributed by atoms with Gasteiger partial charge in [0.15, 0.2) is 0 Å². The zero-order valence-corrected chi connectivity index (χ0v) is 15.9. The Bertz CT molecular complexity index is 1280. The topological polar surface area (TPSA) is 106 Å². The summed E-state index contributed by atoms with van der Waals surface area (Å²) in [5.74, 6) is -0.762. The lowest BCUT2D eigenvalue weighted by molar-refractivity contribution is 0.593. The minimum Gasteiger partial charge on any atom is -0.295 e. The van der Waals surface area contributed by atoms with E-state index in [1.807, 2.05) is 0 Å². The van der Waals surface area contributed by atoms with Crippen LogP contribution in [0.2, 0.25) is 0 Å². The molecule has 7 nitrogen and oxygen atoms in total. The van der Waals surface area contributed by atoms with Crippen LogP contribution in [0.25, 0.3) is 22.3 Å². The van der Waals surface area contributed by atoms with Gasteiger partial charge in [0.25, 0.3) is 5.56 Å². The lowest BCUT2D eigenvalue weighted by Gasteiger charge is -2.11. The van der Waals surface area contributed by atoms with Crippen molar-refractivity contribution in [3.05, 3.63) is 50.5 Å². The predicted octanol–water partition coefficient (Wildman–Crippen LogP) is 2.17. The summed E-state index contributed by atoms with van der Waals surface area (Å²) < 4.78 is 39.3. The maximum Gasteiger partial charge on any atom is 0.266 e. The average Bonchev–Trinajstić information content (AvgIpc) is 2.58. The first kappa shape index (κ1) is 18.2. The summed E-state index contributed by atoms with van der Waals surface area (Å²) in [7, 11) is -2.34. The number of benzene rings is 1. The molecule has 0 spiro atoms. The molecule has 0 saturated carbocycles. The summed E-state index contributed by atoms with van der Waals surface area (Å²) in [5.41, 5.74) is -0.0792. The van der Waals surface area contributed by atoms with Crippen molar-refractivity contribution >= 4 is 36.8 Å². The number of sulfone groups is 1. The van der Waals surface area contributed by atoms with E-state index in [-0.39, 0.29) is 26.9 Å². The number of halogens is 2. The highest BCUT2D eigenvalue weighted by Gasteiger charge is 2.20. The molecule has 2 heterocycles. The number of hydrogen-bond donors (Lipinski definition) is 0. The monoisotopic (exact) mass is 436 g/mol. The Morgan fingerprint density at radius 2 is 1.96 bits per heavy atom. The first-order valence-corrected chi connectivity index (χ1v) is 9.79. The molecule has 0 bridgehead atoms. The molecule has 2 aromatic heterocycles. The van der Waals surface area contributed by atoms with E-state index in [2.05, 4.69) is 25.9 Å². The van der Waals surface area contributed by atoms with E-state index in [0.29, 0.717) is 5.39 Å². The minimum atomic E-state index is -3.78. The zero-order chi connectivity index (χ0) is 19.2. The van der Waals surface area contributed by atoms with Crippen molar-refractivity contribution in [2.24, 2.45) is 7.05 Å². The third kappa shape index (κ3) is 3.00. The quantitative estimate of drug-likeness (QED) is 0.569. The number of hydrogen-bond acceptors (Lipinski definition) is 6. The Kier molecular flexibility index (Phi) is 4.37. The average molecular weight is 437 g/mol. The van der Waals surface area contributed by atoms with E-state index in [0.717, 1.165) is 12.3 Å².